The Morgan fingerprint density at radius 3 is 2.77 bits per heavy atom. The number of amides is 1. The Bertz CT molecular complexity index is 650. The molecular weight excluding hydrogens is 278 g/mol. The Kier molecular flexibility index (Phi) is 3.94. The first-order chi connectivity index (χ1) is 10.6. The highest BCUT2D eigenvalue weighted by atomic mass is 16.2. The number of hydrogen-bond acceptors (Lipinski definition) is 4. The van der Waals surface area contributed by atoms with Crippen LogP contribution >= 0.6 is 0 Å². The predicted molar refractivity (Wildman–Crippen MR) is 83.2 cm³/mol. The number of nitrogens with zero attached hydrogens (tertiary/aromatic N) is 3. The van der Waals surface area contributed by atoms with Gasteiger partial charge in [-0.2, -0.15) is 0 Å². The summed E-state index contributed by atoms with van der Waals surface area (Å²) in [6.45, 7) is 3.02. The van der Waals surface area contributed by atoms with Gasteiger partial charge in [0.1, 0.15) is 0 Å². The zero-order valence-corrected chi connectivity index (χ0v) is 12.7. The Hall–Kier alpha value is -2.21. The van der Waals surface area contributed by atoms with Gasteiger partial charge in [-0.1, -0.05) is 35.5 Å². The molecule has 0 aliphatic heterocycles. The van der Waals surface area contributed by atoms with Gasteiger partial charge in [-0.25, -0.2) is 4.68 Å². The molecule has 0 radical (unpaired) electrons. The van der Waals surface area contributed by atoms with E-state index < -0.39 is 0 Å². The second kappa shape index (κ2) is 5.88. The second-order valence-corrected chi connectivity index (χ2v) is 6.14. The predicted octanol–water partition coefficient (Wildman–Crippen LogP) is 1.18. The molecule has 1 aromatic heterocycles. The lowest BCUT2D eigenvalue weighted by Gasteiger charge is -2.28. The van der Waals surface area contributed by atoms with Gasteiger partial charge < -0.3 is 11.1 Å². The van der Waals surface area contributed by atoms with Gasteiger partial charge in [0, 0.05) is 6.54 Å². The fraction of sp³-hybridized carbons (Fsp3) is 0.438. The molecule has 116 valence electrons. The van der Waals surface area contributed by atoms with Crippen molar-refractivity contribution >= 4 is 5.91 Å². The molecule has 0 bridgehead atoms. The van der Waals surface area contributed by atoms with Crippen molar-refractivity contribution in [2.24, 2.45) is 11.7 Å². The minimum absolute atomic E-state index is 0.209. The molecular formula is C16H21N5O. The first-order valence-corrected chi connectivity index (χ1v) is 7.57. The molecule has 3 rings (SSSR count). The number of nitrogens with one attached hydrogen (secondary N) is 1. The first-order valence-electron chi connectivity index (χ1n) is 7.57. The molecule has 0 spiro atoms. The monoisotopic (exact) mass is 299 g/mol. The SMILES string of the molecule is CC(CN)(NC(=O)c1cn(Cc2ccccc2)nn1)C1CC1. The van der Waals surface area contributed by atoms with Crippen molar-refractivity contribution < 1.29 is 4.79 Å². The van der Waals surface area contributed by atoms with Gasteiger partial charge in [0.25, 0.3) is 5.91 Å². The van der Waals surface area contributed by atoms with Crippen molar-refractivity contribution in [2.75, 3.05) is 6.54 Å². The fourth-order valence-corrected chi connectivity index (χ4v) is 2.61. The third kappa shape index (κ3) is 3.17. The maximum absolute atomic E-state index is 12.3. The minimum atomic E-state index is -0.347. The molecule has 2 aromatic rings. The molecule has 3 N–H and O–H groups in total. The van der Waals surface area contributed by atoms with E-state index in [1.807, 2.05) is 37.3 Å². The maximum Gasteiger partial charge on any atom is 0.273 e. The molecule has 1 amide bonds. The van der Waals surface area contributed by atoms with Gasteiger partial charge in [-0.3, -0.25) is 4.79 Å². The molecule has 1 heterocycles. The van der Waals surface area contributed by atoms with Crippen LogP contribution in [0, 0.1) is 5.92 Å². The number of benzene rings is 1. The number of hydrogen-bond donors (Lipinski definition) is 2. The van der Waals surface area contributed by atoms with Crippen molar-refractivity contribution in [1.29, 1.82) is 0 Å². The van der Waals surface area contributed by atoms with E-state index in [0.717, 1.165) is 18.4 Å². The highest BCUT2D eigenvalue weighted by Gasteiger charge is 2.41. The van der Waals surface area contributed by atoms with Crippen LogP contribution in [0.2, 0.25) is 0 Å². The Labute approximate surface area is 129 Å². The van der Waals surface area contributed by atoms with Crippen molar-refractivity contribution in [2.45, 2.75) is 31.8 Å². The second-order valence-electron chi connectivity index (χ2n) is 6.14. The average Bonchev–Trinajstić information content (AvgIpc) is 3.29. The van der Waals surface area contributed by atoms with Gasteiger partial charge in [-0.05, 0) is 31.2 Å². The van der Waals surface area contributed by atoms with E-state index in [4.69, 9.17) is 5.73 Å². The van der Waals surface area contributed by atoms with E-state index in [-0.39, 0.29) is 11.4 Å². The number of aromatic nitrogens is 3. The van der Waals surface area contributed by atoms with Crippen LogP contribution in [0.3, 0.4) is 0 Å². The summed E-state index contributed by atoms with van der Waals surface area (Å²) in [5.41, 5.74) is 6.92. The normalized spacial score (nSPS) is 17.0. The van der Waals surface area contributed by atoms with E-state index in [9.17, 15) is 4.79 Å². The van der Waals surface area contributed by atoms with Gasteiger partial charge in [0.2, 0.25) is 0 Å². The van der Waals surface area contributed by atoms with Crippen LogP contribution in [0.15, 0.2) is 36.5 Å². The third-order valence-electron chi connectivity index (χ3n) is 4.26. The number of carbonyl (C=O) groups excluding carboxylic acids is 1. The van der Waals surface area contributed by atoms with Crippen LogP contribution < -0.4 is 11.1 Å². The highest BCUT2D eigenvalue weighted by molar-refractivity contribution is 5.92. The van der Waals surface area contributed by atoms with Crippen LogP contribution in [-0.2, 0) is 6.54 Å². The van der Waals surface area contributed by atoms with Crippen molar-refractivity contribution in [3.63, 3.8) is 0 Å². The maximum atomic E-state index is 12.3. The molecule has 1 saturated carbocycles. The Morgan fingerprint density at radius 1 is 1.41 bits per heavy atom. The topological polar surface area (TPSA) is 85.8 Å². The van der Waals surface area contributed by atoms with E-state index in [0.29, 0.717) is 24.7 Å². The van der Waals surface area contributed by atoms with E-state index >= 15 is 0 Å². The Balaban J connectivity index is 1.66. The molecule has 1 aliphatic rings. The summed E-state index contributed by atoms with van der Waals surface area (Å²) in [7, 11) is 0. The van der Waals surface area contributed by atoms with Crippen molar-refractivity contribution in [1.82, 2.24) is 20.3 Å². The third-order valence-corrected chi connectivity index (χ3v) is 4.26. The van der Waals surface area contributed by atoms with Gasteiger partial charge >= 0.3 is 0 Å². The zero-order chi connectivity index (χ0) is 15.6. The summed E-state index contributed by atoms with van der Waals surface area (Å²) >= 11 is 0. The van der Waals surface area contributed by atoms with Crippen LogP contribution in [-0.4, -0.2) is 33.0 Å². The first kappa shape index (κ1) is 14.7. The van der Waals surface area contributed by atoms with Crippen LogP contribution in [0.25, 0.3) is 0 Å². The molecule has 1 unspecified atom stereocenters. The quantitative estimate of drug-likeness (QED) is 0.839. The van der Waals surface area contributed by atoms with E-state index in [2.05, 4.69) is 15.6 Å². The van der Waals surface area contributed by atoms with Crippen molar-refractivity contribution in [3.8, 4) is 0 Å². The summed E-state index contributed by atoms with van der Waals surface area (Å²) in [6, 6.07) is 9.94. The zero-order valence-electron chi connectivity index (χ0n) is 12.7. The molecule has 6 heteroatoms. The van der Waals surface area contributed by atoms with Gasteiger partial charge in [0.05, 0.1) is 18.3 Å². The summed E-state index contributed by atoms with van der Waals surface area (Å²) in [4.78, 5) is 12.3. The van der Waals surface area contributed by atoms with E-state index in [1.54, 1.807) is 10.9 Å². The highest BCUT2D eigenvalue weighted by Crippen LogP contribution is 2.39. The Morgan fingerprint density at radius 2 is 2.14 bits per heavy atom. The van der Waals surface area contributed by atoms with Crippen LogP contribution in [0.5, 0.6) is 0 Å². The number of rotatable bonds is 6. The van der Waals surface area contributed by atoms with Crippen LogP contribution in [0.4, 0.5) is 0 Å². The van der Waals surface area contributed by atoms with Crippen molar-refractivity contribution in [3.05, 3.63) is 47.8 Å². The molecule has 22 heavy (non-hydrogen) atoms. The smallest absolute Gasteiger partial charge is 0.273 e. The van der Waals surface area contributed by atoms with Gasteiger partial charge in [-0.15, -0.1) is 5.10 Å². The number of carbonyl (C=O) groups is 1. The minimum Gasteiger partial charge on any atom is -0.344 e. The lowest BCUT2D eigenvalue weighted by molar-refractivity contribution is 0.0892. The van der Waals surface area contributed by atoms with E-state index in [1.165, 1.54) is 0 Å². The van der Waals surface area contributed by atoms with Gasteiger partial charge in [0.15, 0.2) is 5.69 Å². The molecule has 1 aromatic carbocycles. The lowest BCUT2D eigenvalue weighted by Crippen LogP contribution is -2.53. The van der Waals surface area contributed by atoms with Crippen LogP contribution in [0.1, 0.15) is 35.8 Å². The standard InChI is InChI=1S/C16H21N5O/c1-16(11-17,13-7-8-13)18-15(22)14-10-21(20-19-14)9-12-5-3-2-4-6-12/h2-6,10,13H,7-9,11,17H2,1H3,(H,18,22). The molecule has 1 aliphatic carbocycles. The molecule has 0 saturated heterocycles. The molecule has 1 atom stereocenters. The summed E-state index contributed by atoms with van der Waals surface area (Å²) in [5, 5.41) is 11.0. The molecule has 6 nitrogen and oxygen atoms in total. The molecule has 1 fully saturated rings. The lowest BCUT2D eigenvalue weighted by atomic mass is 9.96. The summed E-state index contributed by atoms with van der Waals surface area (Å²) in [5.74, 6) is 0.264. The summed E-state index contributed by atoms with van der Waals surface area (Å²) < 4.78 is 1.67. The largest absolute Gasteiger partial charge is 0.344 e. The fourth-order valence-electron chi connectivity index (χ4n) is 2.61. The summed E-state index contributed by atoms with van der Waals surface area (Å²) in [6.07, 6.45) is 3.91. The average molecular weight is 299 g/mol. The number of nitrogens with two attached hydrogens (primary N) is 1.